The topological polar surface area (TPSA) is 8.17 Å². The lowest BCUT2D eigenvalue weighted by Gasteiger charge is -2.31. The average molecular weight is 643 g/mol. The van der Waals surface area contributed by atoms with Gasteiger partial charge in [0, 0.05) is 41.9 Å². The molecule has 0 aliphatic carbocycles. The van der Waals surface area contributed by atoms with Gasteiger partial charge in [-0.05, 0) is 59.5 Å². The zero-order valence-electron chi connectivity index (χ0n) is 26.6. The van der Waals surface area contributed by atoms with Gasteiger partial charge >= 0.3 is 0 Å². The smallest absolute Gasteiger partial charge is 0.0702 e. The number of hydrogen-bond donors (Lipinski definition) is 0. The quantitative estimate of drug-likeness (QED) is 0.181. The first-order chi connectivity index (χ1) is 24.3. The molecule has 0 aliphatic rings. The molecule has 3 heteroatoms. The van der Waals surface area contributed by atoms with Crippen LogP contribution in [0.25, 0.3) is 69.6 Å². The molecule has 0 saturated carbocycles. The highest BCUT2D eigenvalue weighted by molar-refractivity contribution is 7.25. The maximum absolute atomic E-state index is 2.48. The van der Waals surface area contributed by atoms with Crippen molar-refractivity contribution in [2.24, 2.45) is 0 Å². The Hall–Kier alpha value is -6.16. The normalized spacial score (nSPS) is 11.7. The van der Waals surface area contributed by atoms with Gasteiger partial charge < -0.3 is 9.47 Å². The molecule has 10 rings (SSSR count). The van der Waals surface area contributed by atoms with Crippen LogP contribution in [-0.2, 0) is 0 Å². The Bertz CT molecular complexity index is 2800. The van der Waals surface area contributed by atoms with Crippen molar-refractivity contribution in [3.63, 3.8) is 0 Å². The van der Waals surface area contributed by atoms with Gasteiger partial charge in [0.2, 0.25) is 0 Å². The highest BCUT2D eigenvalue weighted by Gasteiger charge is 2.24. The van der Waals surface area contributed by atoms with Gasteiger partial charge in [-0.1, -0.05) is 133 Å². The Morgan fingerprint density at radius 2 is 0.959 bits per heavy atom. The summed E-state index contributed by atoms with van der Waals surface area (Å²) < 4.78 is 5.06. The monoisotopic (exact) mass is 642 g/mol. The third-order valence-corrected chi connectivity index (χ3v) is 10.9. The molecule has 0 atom stereocenters. The molecule has 2 aromatic heterocycles. The van der Waals surface area contributed by atoms with E-state index in [1.165, 1.54) is 63.9 Å². The third kappa shape index (κ3) is 4.40. The Morgan fingerprint density at radius 3 is 1.78 bits per heavy atom. The lowest BCUT2D eigenvalue weighted by atomic mass is 9.99. The number of fused-ring (bicyclic) bond motifs is 7. The van der Waals surface area contributed by atoms with E-state index in [9.17, 15) is 0 Å². The number of para-hydroxylation sites is 5. The number of benzene rings is 8. The van der Waals surface area contributed by atoms with Crippen LogP contribution in [0.3, 0.4) is 0 Å². The van der Waals surface area contributed by atoms with Gasteiger partial charge in [0.25, 0.3) is 0 Å². The highest BCUT2D eigenvalue weighted by atomic mass is 32.1. The molecule has 0 N–H and O–H groups in total. The molecule has 0 unspecified atom stereocenters. The second kappa shape index (κ2) is 11.2. The first-order valence-electron chi connectivity index (χ1n) is 16.7. The van der Waals surface area contributed by atoms with Crippen molar-refractivity contribution in [3.05, 3.63) is 182 Å². The van der Waals surface area contributed by atoms with E-state index in [1.54, 1.807) is 0 Å². The largest absolute Gasteiger partial charge is 0.307 e. The lowest BCUT2D eigenvalue weighted by molar-refractivity contribution is 1.15. The maximum atomic E-state index is 2.48. The predicted molar refractivity (Wildman–Crippen MR) is 211 cm³/mol. The molecule has 0 spiro atoms. The molecule has 0 saturated heterocycles. The fraction of sp³-hybridized carbons (Fsp3) is 0. The molecule has 230 valence electrons. The van der Waals surface area contributed by atoms with E-state index >= 15 is 0 Å². The van der Waals surface area contributed by atoms with E-state index in [4.69, 9.17) is 0 Å². The van der Waals surface area contributed by atoms with Gasteiger partial charge in [-0.3, -0.25) is 0 Å². The molecule has 0 amide bonds. The lowest BCUT2D eigenvalue weighted by Crippen LogP contribution is -2.14. The molecule has 10 aromatic rings. The molecule has 2 heterocycles. The Morgan fingerprint density at radius 1 is 0.388 bits per heavy atom. The van der Waals surface area contributed by atoms with Gasteiger partial charge in [0.05, 0.1) is 33.8 Å². The first-order valence-corrected chi connectivity index (χ1v) is 17.5. The second-order valence-electron chi connectivity index (χ2n) is 12.5. The summed E-state index contributed by atoms with van der Waals surface area (Å²) in [5.41, 5.74) is 9.29. The zero-order chi connectivity index (χ0) is 32.3. The maximum Gasteiger partial charge on any atom is 0.0702 e. The Kier molecular flexibility index (Phi) is 6.39. The van der Waals surface area contributed by atoms with Crippen molar-refractivity contribution in [1.29, 1.82) is 0 Å². The third-order valence-electron chi connectivity index (χ3n) is 9.79. The predicted octanol–water partition coefficient (Wildman–Crippen LogP) is 13.4. The molecule has 8 aromatic carbocycles. The fourth-order valence-electron chi connectivity index (χ4n) is 7.62. The summed E-state index contributed by atoms with van der Waals surface area (Å²) in [4.78, 5) is 2.48. The molecule has 0 radical (unpaired) electrons. The van der Waals surface area contributed by atoms with E-state index in [2.05, 4.69) is 191 Å². The van der Waals surface area contributed by atoms with Crippen LogP contribution in [0, 0.1) is 0 Å². The van der Waals surface area contributed by atoms with Crippen molar-refractivity contribution in [1.82, 2.24) is 4.57 Å². The molecule has 0 aliphatic heterocycles. The van der Waals surface area contributed by atoms with Crippen molar-refractivity contribution >= 4 is 81.1 Å². The van der Waals surface area contributed by atoms with Gasteiger partial charge in [0.1, 0.15) is 0 Å². The summed E-state index contributed by atoms with van der Waals surface area (Å²) in [6.45, 7) is 0. The summed E-state index contributed by atoms with van der Waals surface area (Å²) in [6.07, 6.45) is 0. The number of anilines is 3. The summed E-state index contributed by atoms with van der Waals surface area (Å²) in [5.74, 6) is 0. The Balaban J connectivity index is 1.27. The van der Waals surface area contributed by atoms with Gasteiger partial charge in [0.15, 0.2) is 0 Å². The molecular weight excluding hydrogens is 613 g/mol. The van der Waals surface area contributed by atoms with Crippen LogP contribution in [0.2, 0.25) is 0 Å². The van der Waals surface area contributed by atoms with Gasteiger partial charge in [-0.15, -0.1) is 11.3 Å². The van der Waals surface area contributed by atoms with Crippen LogP contribution in [0.5, 0.6) is 0 Å². The van der Waals surface area contributed by atoms with Crippen molar-refractivity contribution in [2.45, 2.75) is 0 Å². The molecule has 2 nitrogen and oxygen atoms in total. The number of hydrogen-bond acceptors (Lipinski definition) is 2. The summed E-state index contributed by atoms with van der Waals surface area (Å²) in [6, 6.07) is 66.3. The van der Waals surface area contributed by atoms with Crippen LogP contribution in [0.4, 0.5) is 17.1 Å². The van der Waals surface area contributed by atoms with Crippen molar-refractivity contribution in [2.75, 3.05) is 4.90 Å². The zero-order valence-corrected chi connectivity index (χ0v) is 27.4. The van der Waals surface area contributed by atoms with E-state index < -0.39 is 0 Å². The SMILES string of the molecule is c1ccc(N(c2ccccc2-n2c3ccccc3c3ccccc32)c2cccc3ccccc23)c(-c2ccc3c(c2)sc2ccccc23)c1. The minimum Gasteiger partial charge on any atom is -0.307 e. The molecule has 0 fully saturated rings. The summed E-state index contributed by atoms with van der Waals surface area (Å²) in [7, 11) is 0. The average Bonchev–Trinajstić information content (AvgIpc) is 3.71. The van der Waals surface area contributed by atoms with Gasteiger partial charge in [-0.25, -0.2) is 0 Å². The summed E-state index contributed by atoms with van der Waals surface area (Å²) in [5, 5.41) is 7.55. The van der Waals surface area contributed by atoms with Crippen molar-refractivity contribution < 1.29 is 0 Å². The second-order valence-corrected chi connectivity index (χ2v) is 13.6. The van der Waals surface area contributed by atoms with Gasteiger partial charge in [-0.2, -0.15) is 0 Å². The minimum atomic E-state index is 1.11. The molecular formula is C46H30N2S. The molecule has 49 heavy (non-hydrogen) atoms. The van der Waals surface area contributed by atoms with Crippen LogP contribution < -0.4 is 4.90 Å². The highest BCUT2D eigenvalue weighted by Crippen LogP contribution is 2.47. The number of aromatic nitrogens is 1. The van der Waals surface area contributed by atoms with Crippen LogP contribution >= 0.6 is 11.3 Å². The number of nitrogens with zero attached hydrogens (tertiary/aromatic N) is 2. The van der Waals surface area contributed by atoms with Crippen molar-refractivity contribution in [3.8, 4) is 16.8 Å². The first kappa shape index (κ1) is 27.9. The number of rotatable bonds is 5. The standard InChI is InChI=1S/C46H30N2S/c1-2-16-33-31(14-1)15-13-26-40(33)47(39-21-7-3-17-34(39)32-28-29-38-37-20-6-12-27-45(37)49-46(38)30-32)43-24-10-11-25-44(43)48-41-22-8-4-18-35(41)36-19-5-9-23-42(36)48/h1-30H. The van der Waals surface area contributed by atoms with Crippen LogP contribution in [0.15, 0.2) is 182 Å². The van der Waals surface area contributed by atoms with Crippen LogP contribution in [0.1, 0.15) is 0 Å². The minimum absolute atomic E-state index is 1.11. The molecule has 0 bridgehead atoms. The van der Waals surface area contributed by atoms with E-state index in [1.807, 2.05) is 11.3 Å². The van der Waals surface area contributed by atoms with E-state index in [-0.39, 0.29) is 0 Å². The fourth-order valence-corrected chi connectivity index (χ4v) is 8.77. The summed E-state index contributed by atoms with van der Waals surface area (Å²) >= 11 is 1.87. The van der Waals surface area contributed by atoms with E-state index in [0.717, 1.165) is 22.7 Å². The van der Waals surface area contributed by atoms with Crippen LogP contribution in [-0.4, -0.2) is 4.57 Å². The Labute approximate surface area is 288 Å². The number of thiophene rings is 1. The van der Waals surface area contributed by atoms with E-state index in [0.29, 0.717) is 0 Å².